The molecule has 0 bridgehead atoms. The van der Waals surface area contributed by atoms with Crippen molar-refractivity contribution in [3.63, 3.8) is 0 Å². The molecule has 6 atom stereocenters. The number of nitrogens with zero attached hydrogens (tertiary/aromatic N) is 16. The second-order valence-corrected chi connectivity index (χ2v) is 31.8. The fraction of sp³-hybridized carbons (Fsp3) is 0.468. The standard InChI is InChI=1S/C27H31N7O4.2C26H28N6O4S/c1-17-5-8-33(26(17)36)14-19-10-18-4-3-7-34(25(18)30-22(19)16-35)27(37)31-24-11-23(20(12-28)13-29-24)32-9-6-21(15-32)38-2;2*1-16-4-7-31(25(16)34)13-18-9-17-3-2-6-32(24(17)29-21(18)14-33)26(35)30-23-10-22(19(11-27)12-28-23)37-20-5-8-36-15-20/h10-11,13,16-17,21H,3-9,14-15H2,1-2H3,(H,29,31,37);2*9-10,12,14,16,20H,2-8,13,15H2,1H3,(H,28,30,35)/t17-,21+;2*16?,20-/m010/s1. The number of pyridine rings is 6. The van der Waals surface area contributed by atoms with Gasteiger partial charge in [-0.25, -0.2) is 44.3 Å². The van der Waals surface area contributed by atoms with Gasteiger partial charge in [-0.2, -0.15) is 15.8 Å². The van der Waals surface area contributed by atoms with Gasteiger partial charge in [-0.3, -0.25) is 59.4 Å². The summed E-state index contributed by atoms with van der Waals surface area (Å²) in [4.78, 5) is 153. The van der Waals surface area contributed by atoms with Gasteiger partial charge in [-0.05, 0) is 124 Å². The van der Waals surface area contributed by atoms with E-state index in [2.05, 4.69) is 69.0 Å². The van der Waals surface area contributed by atoms with Crippen molar-refractivity contribution < 1.29 is 57.4 Å². The number of fused-ring (bicyclic) bond motifs is 3. The first-order chi connectivity index (χ1) is 54.3. The van der Waals surface area contributed by atoms with Gasteiger partial charge in [-0.1, -0.05) is 20.8 Å². The largest absolute Gasteiger partial charge is 0.380 e. The third kappa shape index (κ3) is 18.0. The summed E-state index contributed by atoms with van der Waals surface area (Å²) in [6.45, 7) is 14.1. The van der Waals surface area contributed by atoms with Crippen LogP contribution in [-0.2, 0) is 67.5 Å². The Morgan fingerprint density at radius 3 is 1.19 bits per heavy atom. The first-order valence-corrected chi connectivity index (χ1v) is 39.6. The minimum absolute atomic E-state index is 0.00861. The number of rotatable bonds is 18. The van der Waals surface area contributed by atoms with Crippen molar-refractivity contribution in [2.24, 2.45) is 17.8 Å². The summed E-state index contributed by atoms with van der Waals surface area (Å²) in [5, 5.41) is 37.5. The number of aryl methyl sites for hydroxylation is 3. The molecule has 112 heavy (non-hydrogen) atoms. The molecule has 9 aliphatic heterocycles. The van der Waals surface area contributed by atoms with Crippen LogP contribution < -0.4 is 35.6 Å². The number of carbonyl (C=O) groups is 9. The summed E-state index contributed by atoms with van der Waals surface area (Å²) in [6.07, 6.45) is 16.0. The lowest BCUT2D eigenvalue weighted by molar-refractivity contribution is -0.131. The Morgan fingerprint density at radius 2 is 0.875 bits per heavy atom. The Bertz CT molecular complexity index is 4590. The molecule has 9 amide bonds. The molecule has 9 aliphatic rings. The Hall–Kier alpha value is -11.0. The first kappa shape index (κ1) is 79.1. The van der Waals surface area contributed by atoms with Crippen LogP contribution in [-0.4, -0.2) is 202 Å². The lowest BCUT2D eigenvalue weighted by atomic mass is 10.0. The normalized spacial score (nSPS) is 21.0. The molecule has 0 spiro atoms. The van der Waals surface area contributed by atoms with Crippen LogP contribution >= 0.6 is 23.5 Å². The summed E-state index contributed by atoms with van der Waals surface area (Å²) >= 11 is 3.11. The summed E-state index contributed by atoms with van der Waals surface area (Å²) < 4.78 is 16.3. The zero-order chi connectivity index (χ0) is 78.7. The fourth-order valence-corrected chi connectivity index (χ4v) is 17.5. The second-order valence-electron chi connectivity index (χ2n) is 29.2. The number of anilines is 7. The number of urea groups is 3. The van der Waals surface area contributed by atoms with E-state index in [1.54, 1.807) is 63.5 Å². The molecule has 15 rings (SSSR count). The summed E-state index contributed by atoms with van der Waals surface area (Å²) in [7, 11) is 1.67. The molecule has 6 aromatic rings. The highest BCUT2D eigenvalue weighted by atomic mass is 32.2. The number of amides is 9. The van der Waals surface area contributed by atoms with Crippen LogP contribution in [0.15, 0.2) is 64.8 Å². The van der Waals surface area contributed by atoms with Crippen molar-refractivity contribution in [3.8, 4) is 18.2 Å². The van der Waals surface area contributed by atoms with E-state index in [4.69, 9.17) is 14.2 Å². The molecule has 3 N–H and O–H groups in total. The highest BCUT2D eigenvalue weighted by Gasteiger charge is 2.36. The van der Waals surface area contributed by atoms with Crippen molar-refractivity contribution in [3.05, 3.63) is 122 Å². The molecule has 0 radical (unpaired) electrons. The predicted octanol–water partition coefficient (Wildman–Crippen LogP) is 9.53. The number of ether oxygens (including phenoxy) is 3. The quantitative estimate of drug-likeness (QED) is 0.0674. The van der Waals surface area contributed by atoms with E-state index in [1.165, 1.54) is 33.3 Å². The van der Waals surface area contributed by atoms with Crippen molar-refractivity contribution in [2.75, 3.05) is 121 Å². The fourth-order valence-electron chi connectivity index (χ4n) is 15.2. The molecular formula is C79H87N19O12S2. The number of aldehydes is 3. The van der Waals surface area contributed by atoms with E-state index in [0.717, 1.165) is 110 Å². The Labute approximate surface area is 656 Å². The molecule has 582 valence electrons. The van der Waals surface area contributed by atoms with Gasteiger partial charge in [0, 0.05) is 172 Å². The van der Waals surface area contributed by atoms with Crippen LogP contribution in [0.4, 0.5) is 55.0 Å². The lowest BCUT2D eigenvalue weighted by Crippen LogP contribution is -2.40. The van der Waals surface area contributed by atoms with Crippen molar-refractivity contribution in [1.29, 1.82) is 15.8 Å². The van der Waals surface area contributed by atoms with Crippen LogP contribution in [0, 0.1) is 51.7 Å². The van der Waals surface area contributed by atoms with Gasteiger partial charge in [0.15, 0.2) is 18.9 Å². The van der Waals surface area contributed by atoms with Crippen LogP contribution in [0.3, 0.4) is 0 Å². The number of hydrogen-bond acceptors (Lipinski definition) is 24. The van der Waals surface area contributed by atoms with Crippen LogP contribution in [0.25, 0.3) is 0 Å². The minimum atomic E-state index is -0.411. The lowest BCUT2D eigenvalue weighted by Gasteiger charge is -2.29. The minimum Gasteiger partial charge on any atom is -0.380 e. The summed E-state index contributed by atoms with van der Waals surface area (Å²) in [5.74, 6) is 2.57. The second kappa shape index (κ2) is 36.0. The van der Waals surface area contributed by atoms with Gasteiger partial charge in [0.1, 0.15) is 70.2 Å². The molecule has 2 unspecified atom stereocenters. The number of methoxy groups -OCH3 is 1. The topological polar surface area (TPSA) is 389 Å². The number of carbonyl (C=O) groups excluding carboxylic acids is 9. The maximum Gasteiger partial charge on any atom is 0.328 e. The van der Waals surface area contributed by atoms with Gasteiger partial charge in [0.05, 0.1) is 41.7 Å². The maximum atomic E-state index is 13.4. The van der Waals surface area contributed by atoms with E-state index in [0.29, 0.717) is 185 Å². The Kier molecular flexibility index (Phi) is 25.4. The summed E-state index contributed by atoms with van der Waals surface area (Å²) in [6, 6.07) is 16.1. The van der Waals surface area contributed by atoms with Crippen molar-refractivity contribution in [1.82, 2.24) is 44.6 Å². The number of hydrogen-bond donors (Lipinski definition) is 3. The van der Waals surface area contributed by atoms with E-state index >= 15 is 0 Å². The smallest absolute Gasteiger partial charge is 0.328 e. The third-order valence-electron chi connectivity index (χ3n) is 21.5. The third-order valence-corrected chi connectivity index (χ3v) is 24.1. The summed E-state index contributed by atoms with van der Waals surface area (Å²) in [5.41, 5.74) is 7.43. The molecule has 6 fully saturated rings. The maximum absolute atomic E-state index is 13.4. The molecular weight excluding hydrogens is 1470 g/mol. The van der Waals surface area contributed by atoms with E-state index in [9.17, 15) is 58.9 Å². The van der Waals surface area contributed by atoms with Crippen LogP contribution in [0.5, 0.6) is 0 Å². The Balaban J connectivity index is 0.000000147. The zero-order valence-electron chi connectivity index (χ0n) is 62.9. The zero-order valence-corrected chi connectivity index (χ0v) is 64.5. The number of aromatic nitrogens is 6. The molecule has 31 nitrogen and oxygen atoms in total. The number of nitriles is 3. The number of nitrogens with one attached hydrogen (secondary N) is 3. The first-order valence-electron chi connectivity index (χ1n) is 37.9. The number of likely N-dealkylation sites (tertiary alicyclic amines) is 3. The molecule has 33 heteroatoms. The molecule has 6 aromatic heterocycles. The molecule has 0 saturated carbocycles. The van der Waals surface area contributed by atoms with Crippen molar-refractivity contribution >= 4 is 119 Å². The highest BCUT2D eigenvalue weighted by Crippen LogP contribution is 2.38. The molecule has 15 heterocycles. The SMILES string of the molecule is CC1CCN(Cc2cc3c(nc2C=O)N(C(=O)Nc2cc(S[C@@H]4CCOC4)c(C#N)cn2)CCC3)C1=O.CC1CCN(Cc2cc3c(nc2C=O)N(C(=O)Nc2cc(S[C@H]4CCOC4)c(C#N)cn2)CCC3)C1=O.CO[C@@H]1CCN(c2cc(NC(=O)N3CCCc4cc(CN5CC[C@H](C)C5=O)c(C=O)nc43)ncc2C#N)C1. The average molecular weight is 1560 g/mol. The average Bonchev–Trinajstić information content (AvgIpc) is 0.880. The van der Waals surface area contributed by atoms with Gasteiger partial charge in [-0.15, -0.1) is 23.5 Å². The van der Waals surface area contributed by atoms with Crippen LogP contribution in [0.1, 0.15) is 160 Å². The van der Waals surface area contributed by atoms with E-state index < -0.39 is 18.1 Å². The molecule has 0 aliphatic carbocycles. The van der Waals surface area contributed by atoms with Gasteiger partial charge in [0.2, 0.25) is 17.7 Å². The molecule has 0 aromatic carbocycles. The molecule has 6 saturated heterocycles. The highest BCUT2D eigenvalue weighted by molar-refractivity contribution is 8.00. The van der Waals surface area contributed by atoms with E-state index in [1.807, 2.05) is 39.0 Å². The monoisotopic (exact) mass is 1560 g/mol. The van der Waals surface area contributed by atoms with Gasteiger partial charge < -0.3 is 33.8 Å². The van der Waals surface area contributed by atoms with E-state index in [-0.39, 0.29) is 69.2 Å². The predicted molar refractivity (Wildman–Crippen MR) is 415 cm³/mol. The van der Waals surface area contributed by atoms with Crippen molar-refractivity contribution in [2.45, 2.75) is 144 Å². The number of thioether (sulfide) groups is 2. The van der Waals surface area contributed by atoms with Crippen LogP contribution in [0.2, 0.25) is 0 Å². The Morgan fingerprint density at radius 1 is 0.509 bits per heavy atom. The van der Waals surface area contributed by atoms with Gasteiger partial charge >= 0.3 is 18.1 Å². The van der Waals surface area contributed by atoms with Gasteiger partial charge in [0.25, 0.3) is 0 Å².